The van der Waals surface area contributed by atoms with Crippen LogP contribution in [0.3, 0.4) is 0 Å². The van der Waals surface area contributed by atoms with Gasteiger partial charge in [-0.3, -0.25) is 10.1 Å². The number of nitro benzene ring substituents is 1. The molecule has 0 aromatic heterocycles. The lowest BCUT2D eigenvalue weighted by atomic mass is 10.0. The average molecular weight is 336 g/mol. The zero-order valence-electron chi connectivity index (χ0n) is 14.1. The summed E-state index contributed by atoms with van der Waals surface area (Å²) in [6, 6.07) is 15.3. The number of aryl methyl sites for hydroxylation is 1. The van der Waals surface area contributed by atoms with Gasteiger partial charge in [0.05, 0.1) is 16.6 Å². The maximum absolute atomic E-state index is 11.3. The minimum absolute atomic E-state index is 0.00384. The minimum Gasteiger partial charge on any atom is -0.382 e. The van der Waals surface area contributed by atoms with E-state index in [4.69, 9.17) is 5.26 Å². The highest BCUT2D eigenvalue weighted by Crippen LogP contribution is 2.31. The molecule has 6 nitrogen and oxygen atoms in total. The zero-order chi connectivity index (χ0) is 17.8. The van der Waals surface area contributed by atoms with Crippen LogP contribution in [0.15, 0.2) is 42.5 Å². The van der Waals surface area contributed by atoms with E-state index in [0.29, 0.717) is 17.3 Å². The van der Waals surface area contributed by atoms with Crippen molar-refractivity contribution in [3.8, 4) is 6.07 Å². The summed E-state index contributed by atoms with van der Waals surface area (Å²) in [5.74, 6) is 0. The first-order chi connectivity index (χ1) is 12.1. The van der Waals surface area contributed by atoms with Gasteiger partial charge in [-0.25, -0.2) is 0 Å². The first kappa shape index (κ1) is 16.8. The van der Waals surface area contributed by atoms with Crippen molar-refractivity contribution < 1.29 is 4.92 Å². The zero-order valence-corrected chi connectivity index (χ0v) is 14.1. The summed E-state index contributed by atoms with van der Waals surface area (Å²) in [6.45, 7) is 3.56. The number of hydrogen-bond acceptors (Lipinski definition) is 5. The SMILES string of the molecule is Cc1cccc(NC2CCN(c3ccc(C#N)cc3[N+](=O)[O-])CC2)c1. The highest BCUT2D eigenvalue weighted by atomic mass is 16.6. The molecule has 128 valence electrons. The van der Waals surface area contributed by atoms with E-state index in [1.165, 1.54) is 11.6 Å². The molecule has 1 heterocycles. The molecular formula is C19H20N4O2. The van der Waals surface area contributed by atoms with Gasteiger partial charge >= 0.3 is 0 Å². The van der Waals surface area contributed by atoms with Crippen molar-refractivity contribution >= 4 is 17.1 Å². The number of nitro groups is 1. The van der Waals surface area contributed by atoms with Gasteiger partial charge in [0.2, 0.25) is 0 Å². The Morgan fingerprint density at radius 3 is 2.64 bits per heavy atom. The number of nitriles is 1. The molecule has 2 aromatic carbocycles. The Bertz CT molecular complexity index is 820. The number of hydrogen-bond donors (Lipinski definition) is 1. The molecule has 0 spiro atoms. The van der Waals surface area contributed by atoms with Gasteiger partial charge in [0.1, 0.15) is 5.69 Å². The molecule has 6 heteroatoms. The molecule has 0 bridgehead atoms. The Kier molecular flexibility index (Phi) is 4.85. The molecule has 1 fully saturated rings. The van der Waals surface area contributed by atoms with E-state index < -0.39 is 4.92 Å². The molecule has 0 atom stereocenters. The van der Waals surface area contributed by atoms with E-state index in [9.17, 15) is 10.1 Å². The molecule has 1 aliphatic heterocycles. The van der Waals surface area contributed by atoms with E-state index in [1.54, 1.807) is 12.1 Å². The normalized spacial score (nSPS) is 14.8. The fourth-order valence-electron chi connectivity index (χ4n) is 3.24. The first-order valence-electron chi connectivity index (χ1n) is 8.33. The van der Waals surface area contributed by atoms with Gasteiger partial charge in [-0.2, -0.15) is 5.26 Å². The van der Waals surface area contributed by atoms with Gasteiger partial charge in [0.15, 0.2) is 0 Å². The van der Waals surface area contributed by atoms with Gasteiger partial charge in [-0.15, -0.1) is 0 Å². The van der Waals surface area contributed by atoms with Gasteiger partial charge in [-0.1, -0.05) is 12.1 Å². The molecule has 0 aliphatic carbocycles. The third kappa shape index (κ3) is 3.89. The molecule has 0 saturated carbocycles. The number of piperidine rings is 1. The molecule has 0 unspecified atom stereocenters. The number of nitrogens with zero attached hydrogens (tertiary/aromatic N) is 3. The molecule has 0 amide bonds. The van der Waals surface area contributed by atoms with Crippen molar-refractivity contribution in [1.29, 1.82) is 5.26 Å². The van der Waals surface area contributed by atoms with Crippen LogP contribution in [0.25, 0.3) is 0 Å². The molecule has 2 aromatic rings. The highest BCUT2D eigenvalue weighted by molar-refractivity contribution is 5.66. The van der Waals surface area contributed by atoms with Crippen molar-refractivity contribution in [2.75, 3.05) is 23.3 Å². The van der Waals surface area contributed by atoms with Crippen LogP contribution < -0.4 is 10.2 Å². The van der Waals surface area contributed by atoms with Crippen molar-refractivity contribution in [3.05, 3.63) is 63.7 Å². The number of benzene rings is 2. The molecule has 0 radical (unpaired) electrons. The van der Waals surface area contributed by atoms with Gasteiger partial charge in [0.25, 0.3) is 5.69 Å². The number of rotatable bonds is 4. The summed E-state index contributed by atoms with van der Waals surface area (Å²) in [7, 11) is 0. The van der Waals surface area contributed by atoms with Gasteiger partial charge in [-0.05, 0) is 49.6 Å². The third-order valence-electron chi connectivity index (χ3n) is 4.53. The molecular weight excluding hydrogens is 316 g/mol. The van der Waals surface area contributed by atoms with Crippen LogP contribution in [0.4, 0.5) is 17.1 Å². The lowest BCUT2D eigenvalue weighted by Gasteiger charge is -2.34. The summed E-state index contributed by atoms with van der Waals surface area (Å²) in [5.41, 5.74) is 3.24. The average Bonchev–Trinajstić information content (AvgIpc) is 2.62. The summed E-state index contributed by atoms with van der Waals surface area (Å²) in [5, 5.41) is 23.8. The fraction of sp³-hybridized carbons (Fsp3) is 0.316. The van der Waals surface area contributed by atoms with Crippen molar-refractivity contribution in [2.24, 2.45) is 0 Å². The monoisotopic (exact) mass is 336 g/mol. The molecule has 3 rings (SSSR count). The van der Waals surface area contributed by atoms with Crippen LogP contribution in [0.2, 0.25) is 0 Å². The maximum Gasteiger partial charge on any atom is 0.293 e. The molecule has 25 heavy (non-hydrogen) atoms. The van der Waals surface area contributed by atoms with Gasteiger partial charge in [0, 0.05) is 30.9 Å². The highest BCUT2D eigenvalue weighted by Gasteiger charge is 2.25. The van der Waals surface area contributed by atoms with E-state index >= 15 is 0 Å². The quantitative estimate of drug-likeness (QED) is 0.677. The Morgan fingerprint density at radius 2 is 2.00 bits per heavy atom. The Hall–Kier alpha value is -3.07. The van der Waals surface area contributed by atoms with Crippen LogP contribution in [0, 0.1) is 28.4 Å². The van der Waals surface area contributed by atoms with Gasteiger partial charge < -0.3 is 10.2 Å². The van der Waals surface area contributed by atoms with Crippen molar-refractivity contribution in [2.45, 2.75) is 25.8 Å². The van der Waals surface area contributed by atoms with E-state index in [-0.39, 0.29) is 5.69 Å². The first-order valence-corrected chi connectivity index (χ1v) is 8.33. The van der Waals surface area contributed by atoms with Crippen LogP contribution in [0.1, 0.15) is 24.0 Å². The predicted octanol–water partition coefficient (Wildman–Crippen LogP) is 3.86. The summed E-state index contributed by atoms with van der Waals surface area (Å²) >= 11 is 0. The second kappa shape index (κ2) is 7.22. The Labute approximate surface area is 146 Å². The number of anilines is 2. The molecule has 1 N–H and O–H groups in total. The smallest absolute Gasteiger partial charge is 0.293 e. The summed E-state index contributed by atoms with van der Waals surface area (Å²) in [6.07, 6.45) is 1.82. The second-order valence-corrected chi connectivity index (χ2v) is 6.35. The molecule has 1 saturated heterocycles. The van der Waals surface area contributed by atoms with Crippen LogP contribution in [-0.4, -0.2) is 24.1 Å². The maximum atomic E-state index is 11.3. The number of nitrogens with one attached hydrogen (secondary N) is 1. The second-order valence-electron chi connectivity index (χ2n) is 6.35. The summed E-state index contributed by atoms with van der Waals surface area (Å²) in [4.78, 5) is 13.0. The third-order valence-corrected chi connectivity index (χ3v) is 4.53. The summed E-state index contributed by atoms with van der Waals surface area (Å²) < 4.78 is 0. The van der Waals surface area contributed by atoms with E-state index in [2.05, 4.69) is 30.4 Å². The van der Waals surface area contributed by atoms with E-state index in [0.717, 1.165) is 31.6 Å². The lowest BCUT2D eigenvalue weighted by molar-refractivity contribution is -0.384. The Balaban J connectivity index is 1.68. The standard InChI is InChI=1S/C19H20N4O2/c1-14-3-2-4-17(11-14)21-16-7-9-22(10-8-16)18-6-5-15(13-20)12-19(18)23(24)25/h2-6,11-12,16,21H,7-10H2,1H3. The lowest BCUT2D eigenvalue weighted by Crippen LogP contribution is -2.39. The van der Waals surface area contributed by atoms with Crippen LogP contribution >= 0.6 is 0 Å². The fourth-order valence-corrected chi connectivity index (χ4v) is 3.24. The minimum atomic E-state index is -0.409. The predicted molar refractivity (Wildman–Crippen MR) is 97.8 cm³/mol. The van der Waals surface area contributed by atoms with E-state index in [1.807, 2.05) is 17.0 Å². The largest absolute Gasteiger partial charge is 0.382 e. The van der Waals surface area contributed by atoms with Crippen molar-refractivity contribution in [1.82, 2.24) is 0 Å². The molecule has 1 aliphatic rings. The van der Waals surface area contributed by atoms with Crippen molar-refractivity contribution in [3.63, 3.8) is 0 Å². The van der Waals surface area contributed by atoms with Crippen LogP contribution in [-0.2, 0) is 0 Å². The van der Waals surface area contributed by atoms with Crippen LogP contribution in [0.5, 0.6) is 0 Å². The Morgan fingerprint density at radius 1 is 1.24 bits per heavy atom. The topological polar surface area (TPSA) is 82.2 Å².